The second-order valence-electron chi connectivity index (χ2n) is 6.75. The SMILES string of the molecule is O=C(C=Cc1ccccc1-c1ccccc1)c1cc(Br)cc(-c2ccccc2)c1. The second-order valence-corrected chi connectivity index (χ2v) is 7.66. The Morgan fingerprint density at radius 1 is 0.655 bits per heavy atom. The van der Waals surface area contributed by atoms with Crippen LogP contribution in [0.15, 0.2) is 114 Å². The van der Waals surface area contributed by atoms with Crippen LogP contribution in [0.2, 0.25) is 0 Å². The van der Waals surface area contributed by atoms with E-state index in [1.54, 1.807) is 6.08 Å². The highest BCUT2D eigenvalue weighted by Crippen LogP contribution is 2.27. The number of benzene rings is 4. The molecule has 0 atom stereocenters. The lowest BCUT2D eigenvalue weighted by Gasteiger charge is -2.07. The van der Waals surface area contributed by atoms with Crippen LogP contribution in [-0.4, -0.2) is 5.78 Å². The molecule has 0 spiro atoms. The summed E-state index contributed by atoms with van der Waals surface area (Å²) >= 11 is 3.54. The summed E-state index contributed by atoms with van der Waals surface area (Å²) in [5, 5.41) is 0. The fourth-order valence-electron chi connectivity index (χ4n) is 3.31. The van der Waals surface area contributed by atoms with Gasteiger partial charge in [-0.25, -0.2) is 0 Å². The summed E-state index contributed by atoms with van der Waals surface area (Å²) in [5.74, 6) is -0.0219. The molecule has 4 rings (SSSR count). The maximum Gasteiger partial charge on any atom is 0.185 e. The lowest BCUT2D eigenvalue weighted by molar-refractivity contribution is 0.104. The van der Waals surface area contributed by atoms with Gasteiger partial charge in [0, 0.05) is 10.0 Å². The third kappa shape index (κ3) is 4.61. The van der Waals surface area contributed by atoms with E-state index in [1.807, 2.05) is 91.0 Å². The predicted octanol–water partition coefficient (Wildman–Crippen LogP) is 7.68. The molecule has 1 nitrogen and oxygen atoms in total. The van der Waals surface area contributed by atoms with Gasteiger partial charge in [-0.15, -0.1) is 0 Å². The second kappa shape index (κ2) is 8.85. The summed E-state index contributed by atoms with van der Waals surface area (Å²) in [6.07, 6.45) is 3.55. The molecule has 0 aliphatic rings. The zero-order chi connectivity index (χ0) is 20.1. The summed E-state index contributed by atoms with van der Waals surface area (Å²) in [6, 6.07) is 34.2. The van der Waals surface area contributed by atoms with Gasteiger partial charge in [0.2, 0.25) is 0 Å². The molecule has 29 heavy (non-hydrogen) atoms. The van der Waals surface area contributed by atoms with Crippen molar-refractivity contribution in [3.8, 4) is 22.3 Å². The average Bonchev–Trinajstić information content (AvgIpc) is 2.78. The Morgan fingerprint density at radius 3 is 2.00 bits per heavy atom. The summed E-state index contributed by atoms with van der Waals surface area (Å²) < 4.78 is 0.889. The van der Waals surface area contributed by atoms with E-state index in [0.29, 0.717) is 5.56 Å². The lowest BCUT2D eigenvalue weighted by Crippen LogP contribution is -1.95. The quantitative estimate of drug-likeness (QED) is 0.230. The van der Waals surface area contributed by atoms with Crippen molar-refractivity contribution in [2.45, 2.75) is 0 Å². The third-order valence-electron chi connectivity index (χ3n) is 4.75. The first-order valence-corrected chi connectivity index (χ1v) is 10.2. The summed E-state index contributed by atoms with van der Waals surface area (Å²) in [6.45, 7) is 0. The van der Waals surface area contributed by atoms with Crippen molar-refractivity contribution in [2.24, 2.45) is 0 Å². The van der Waals surface area contributed by atoms with E-state index in [0.717, 1.165) is 32.3 Å². The first kappa shape index (κ1) is 19.1. The van der Waals surface area contributed by atoms with Crippen LogP contribution in [0.5, 0.6) is 0 Å². The zero-order valence-electron chi connectivity index (χ0n) is 15.8. The van der Waals surface area contributed by atoms with E-state index >= 15 is 0 Å². The van der Waals surface area contributed by atoms with Crippen molar-refractivity contribution < 1.29 is 4.79 Å². The maximum atomic E-state index is 12.9. The molecule has 0 aliphatic heterocycles. The average molecular weight is 439 g/mol. The Hall–Kier alpha value is -3.23. The molecular weight excluding hydrogens is 420 g/mol. The van der Waals surface area contributed by atoms with Crippen LogP contribution >= 0.6 is 15.9 Å². The summed E-state index contributed by atoms with van der Waals surface area (Å²) in [7, 11) is 0. The summed E-state index contributed by atoms with van der Waals surface area (Å²) in [4.78, 5) is 12.9. The minimum Gasteiger partial charge on any atom is -0.289 e. The third-order valence-corrected chi connectivity index (χ3v) is 5.21. The van der Waals surface area contributed by atoms with Gasteiger partial charge in [-0.05, 0) is 52.1 Å². The molecule has 4 aromatic rings. The molecule has 0 aliphatic carbocycles. The highest BCUT2D eigenvalue weighted by Gasteiger charge is 2.08. The van der Waals surface area contributed by atoms with Crippen molar-refractivity contribution in [2.75, 3.05) is 0 Å². The minimum absolute atomic E-state index is 0.0219. The topological polar surface area (TPSA) is 17.1 Å². The highest BCUT2D eigenvalue weighted by atomic mass is 79.9. The van der Waals surface area contributed by atoms with Crippen LogP contribution in [0.25, 0.3) is 28.3 Å². The molecule has 0 amide bonds. The van der Waals surface area contributed by atoms with Crippen LogP contribution in [0.1, 0.15) is 15.9 Å². The van der Waals surface area contributed by atoms with Crippen molar-refractivity contribution in [3.05, 3.63) is 125 Å². The molecule has 0 radical (unpaired) electrons. The smallest absolute Gasteiger partial charge is 0.185 e. The molecule has 0 saturated carbocycles. The van der Waals surface area contributed by atoms with E-state index in [9.17, 15) is 4.79 Å². The Labute approximate surface area is 179 Å². The van der Waals surface area contributed by atoms with Gasteiger partial charge in [0.1, 0.15) is 0 Å². The Kier molecular flexibility index (Phi) is 5.83. The van der Waals surface area contributed by atoms with Crippen LogP contribution < -0.4 is 0 Å². The van der Waals surface area contributed by atoms with E-state index in [2.05, 4.69) is 34.1 Å². The van der Waals surface area contributed by atoms with Crippen molar-refractivity contribution in [1.29, 1.82) is 0 Å². The monoisotopic (exact) mass is 438 g/mol. The first-order chi connectivity index (χ1) is 14.2. The van der Waals surface area contributed by atoms with Crippen molar-refractivity contribution >= 4 is 27.8 Å². The van der Waals surface area contributed by atoms with Gasteiger partial charge in [0.05, 0.1) is 0 Å². The summed E-state index contributed by atoms with van der Waals surface area (Å²) in [5.41, 5.74) is 6.02. The van der Waals surface area contributed by atoms with Gasteiger partial charge in [-0.1, -0.05) is 107 Å². The largest absolute Gasteiger partial charge is 0.289 e. The van der Waals surface area contributed by atoms with E-state index in [4.69, 9.17) is 0 Å². The van der Waals surface area contributed by atoms with E-state index in [1.165, 1.54) is 0 Å². The number of carbonyl (C=O) groups excluding carboxylic acids is 1. The fraction of sp³-hybridized carbons (Fsp3) is 0. The first-order valence-electron chi connectivity index (χ1n) is 9.43. The normalized spacial score (nSPS) is 10.9. The highest BCUT2D eigenvalue weighted by molar-refractivity contribution is 9.10. The molecule has 0 fully saturated rings. The molecule has 0 bridgehead atoms. The van der Waals surface area contributed by atoms with Crippen LogP contribution in [0.3, 0.4) is 0 Å². The molecule has 0 saturated heterocycles. The number of ketones is 1. The van der Waals surface area contributed by atoms with Crippen LogP contribution in [-0.2, 0) is 0 Å². The van der Waals surface area contributed by atoms with Gasteiger partial charge in [0.25, 0.3) is 0 Å². The molecule has 140 valence electrons. The van der Waals surface area contributed by atoms with Crippen molar-refractivity contribution in [3.63, 3.8) is 0 Å². The zero-order valence-corrected chi connectivity index (χ0v) is 17.3. The predicted molar refractivity (Wildman–Crippen MR) is 125 cm³/mol. The molecule has 0 unspecified atom stereocenters. The standard InChI is InChI=1S/C27H19BrO/c28-25-18-23(20-9-3-1-4-10-20)17-24(19-25)27(29)16-15-22-13-7-8-14-26(22)21-11-5-2-6-12-21/h1-19H. The Morgan fingerprint density at radius 2 is 1.28 bits per heavy atom. The van der Waals surface area contributed by atoms with Crippen LogP contribution in [0.4, 0.5) is 0 Å². The number of rotatable bonds is 5. The van der Waals surface area contributed by atoms with Crippen LogP contribution in [0, 0.1) is 0 Å². The maximum absolute atomic E-state index is 12.9. The number of carbonyl (C=O) groups is 1. The van der Waals surface area contributed by atoms with Gasteiger partial charge in [-0.3, -0.25) is 4.79 Å². The molecule has 0 N–H and O–H groups in total. The molecule has 0 aromatic heterocycles. The van der Waals surface area contributed by atoms with Gasteiger partial charge in [-0.2, -0.15) is 0 Å². The molecule has 2 heteroatoms. The minimum atomic E-state index is -0.0219. The fourth-order valence-corrected chi connectivity index (χ4v) is 3.81. The lowest BCUT2D eigenvalue weighted by atomic mass is 9.98. The molecular formula is C27H19BrO. The number of halogens is 1. The van der Waals surface area contributed by atoms with E-state index < -0.39 is 0 Å². The van der Waals surface area contributed by atoms with Crippen molar-refractivity contribution in [1.82, 2.24) is 0 Å². The molecule has 0 heterocycles. The van der Waals surface area contributed by atoms with Gasteiger partial charge >= 0.3 is 0 Å². The number of hydrogen-bond donors (Lipinski definition) is 0. The Balaban J connectivity index is 1.64. The van der Waals surface area contributed by atoms with E-state index in [-0.39, 0.29) is 5.78 Å². The number of hydrogen-bond acceptors (Lipinski definition) is 1. The number of allylic oxidation sites excluding steroid dienone is 1. The Bertz CT molecular complexity index is 1160. The van der Waals surface area contributed by atoms with Gasteiger partial charge in [0.15, 0.2) is 5.78 Å². The van der Waals surface area contributed by atoms with Gasteiger partial charge < -0.3 is 0 Å². The molecule has 4 aromatic carbocycles.